The van der Waals surface area contributed by atoms with E-state index in [1.165, 1.54) is 18.2 Å². The number of hydrogen-bond donors (Lipinski definition) is 2. The molecule has 0 aliphatic rings. The van der Waals surface area contributed by atoms with E-state index >= 15 is 0 Å². The largest absolute Gasteiger partial charge is 0.393 e. The number of benzene rings is 1. The van der Waals surface area contributed by atoms with Crippen LogP contribution in [0.1, 0.15) is 13.3 Å². The van der Waals surface area contributed by atoms with Gasteiger partial charge in [0, 0.05) is 6.54 Å². The molecule has 17 heavy (non-hydrogen) atoms. The van der Waals surface area contributed by atoms with Crippen molar-refractivity contribution in [1.82, 2.24) is 4.72 Å². The summed E-state index contributed by atoms with van der Waals surface area (Å²) in [6.45, 7) is 1.73. The van der Waals surface area contributed by atoms with Gasteiger partial charge >= 0.3 is 0 Å². The highest BCUT2D eigenvalue weighted by Crippen LogP contribution is 2.28. The van der Waals surface area contributed by atoms with Crippen LogP contribution in [-0.4, -0.2) is 26.2 Å². The van der Waals surface area contributed by atoms with E-state index in [1.54, 1.807) is 6.92 Å². The minimum atomic E-state index is -3.69. The van der Waals surface area contributed by atoms with Crippen molar-refractivity contribution in [1.29, 1.82) is 0 Å². The molecular formula is C10H13Cl2NO3S. The molecule has 1 rings (SSSR count). The molecule has 1 aromatic rings. The highest BCUT2D eigenvalue weighted by atomic mass is 35.5. The first-order valence-corrected chi connectivity index (χ1v) is 7.20. The molecule has 0 aliphatic heterocycles. The zero-order chi connectivity index (χ0) is 13.1. The van der Waals surface area contributed by atoms with Gasteiger partial charge in [0.25, 0.3) is 0 Å². The maximum absolute atomic E-state index is 11.9. The maximum atomic E-state index is 11.9. The number of rotatable bonds is 5. The fraction of sp³-hybridized carbons (Fsp3) is 0.400. The molecule has 0 saturated heterocycles. The predicted molar refractivity (Wildman–Crippen MR) is 67.9 cm³/mol. The van der Waals surface area contributed by atoms with E-state index in [2.05, 4.69) is 4.72 Å². The first kappa shape index (κ1) is 14.7. The summed E-state index contributed by atoms with van der Waals surface area (Å²) in [5.41, 5.74) is 0. The highest BCUT2D eigenvalue weighted by molar-refractivity contribution is 7.89. The topological polar surface area (TPSA) is 66.4 Å². The molecule has 0 spiro atoms. The molecule has 1 unspecified atom stereocenters. The number of hydrogen-bond acceptors (Lipinski definition) is 3. The van der Waals surface area contributed by atoms with Gasteiger partial charge in [-0.1, -0.05) is 29.3 Å². The predicted octanol–water partition coefficient (Wildman–Crippen LogP) is 2.04. The van der Waals surface area contributed by atoms with Crippen molar-refractivity contribution in [3.05, 3.63) is 28.2 Å². The second-order valence-corrected chi connectivity index (χ2v) is 6.11. The van der Waals surface area contributed by atoms with Crippen molar-refractivity contribution in [3.63, 3.8) is 0 Å². The minimum Gasteiger partial charge on any atom is -0.393 e. The molecule has 0 heterocycles. The summed E-state index contributed by atoms with van der Waals surface area (Å²) in [7, 11) is -3.69. The van der Waals surface area contributed by atoms with Crippen LogP contribution in [-0.2, 0) is 10.0 Å². The molecule has 0 amide bonds. The van der Waals surface area contributed by atoms with E-state index in [4.69, 9.17) is 28.3 Å². The van der Waals surface area contributed by atoms with Crippen LogP contribution in [0.25, 0.3) is 0 Å². The summed E-state index contributed by atoms with van der Waals surface area (Å²) in [5.74, 6) is 0. The molecule has 2 N–H and O–H groups in total. The van der Waals surface area contributed by atoms with Crippen LogP contribution in [0, 0.1) is 0 Å². The number of sulfonamides is 1. The van der Waals surface area contributed by atoms with Gasteiger partial charge in [0.1, 0.15) is 4.90 Å². The average Bonchev–Trinajstić information content (AvgIpc) is 2.21. The summed E-state index contributed by atoms with van der Waals surface area (Å²) >= 11 is 11.6. The van der Waals surface area contributed by atoms with Gasteiger partial charge in [0.05, 0.1) is 16.1 Å². The van der Waals surface area contributed by atoms with E-state index in [9.17, 15) is 8.42 Å². The SMILES string of the molecule is CC(O)CCNS(=O)(=O)c1cccc(Cl)c1Cl. The second-order valence-electron chi connectivity index (χ2n) is 3.59. The first-order valence-electron chi connectivity index (χ1n) is 4.96. The molecule has 0 aromatic heterocycles. The van der Waals surface area contributed by atoms with Gasteiger partial charge in [-0.05, 0) is 25.5 Å². The molecular weight excluding hydrogens is 285 g/mol. The molecule has 7 heteroatoms. The van der Waals surface area contributed by atoms with E-state index < -0.39 is 16.1 Å². The van der Waals surface area contributed by atoms with Crippen LogP contribution in [0.15, 0.2) is 23.1 Å². The Kier molecular flexibility index (Phi) is 5.22. The Balaban J connectivity index is 2.87. The smallest absolute Gasteiger partial charge is 0.242 e. The van der Waals surface area contributed by atoms with Gasteiger partial charge in [-0.3, -0.25) is 0 Å². The highest BCUT2D eigenvalue weighted by Gasteiger charge is 2.18. The molecule has 0 fully saturated rings. The molecule has 0 aliphatic carbocycles. The Hall–Kier alpha value is -0.330. The van der Waals surface area contributed by atoms with Crippen LogP contribution in [0.4, 0.5) is 0 Å². The summed E-state index contributed by atoms with van der Waals surface area (Å²) in [6, 6.07) is 4.40. The minimum absolute atomic E-state index is 0.00119. The molecule has 1 aromatic carbocycles. The molecule has 4 nitrogen and oxygen atoms in total. The van der Waals surface area contributed by atoms with Gasteiger partial charge in [0.2, 0.25) is 10.0 Å². The second kappa shape index (κ2) is 6.02. The van der Waals surface area contributed by atoms with E-state index in [-0.39, 0.29) is 21.5 Å². The van der Waals surface area contributed by atoms with E-state index in [1.807, 2.05) is 0 Å². The summed E-state index contributed by atoms with van der Waals surface area (Å²) in [5, 5.41) is 9.22. The Labute approximate surface area is 111 Å². The zero-order valence-electron chi connectivity index (χ0n) is 9.15. The van der Waals surface area contributed by atoms with Gasteiger partial charge in [-0.2, -0.15) is 0 Å². The number of halogens is 2. The van der Waals surface area contributed by atoms with Gasteiger partial charge in [-0.15, -0.1) is 0 Å². The molecule has 0 saturated carbocycles. The van der Waals surface area contributed by atoms with Crippen LogP contribution in [0.5, 0.6) is 0 Å². The molecule has 0 bridgehead atoms. The lowest BCUT2D eigenvalue weighted by molar-refractivity contribution is 0.186. The van der Waals surface area contributed by atoms with Crippen molar-refractivity contribution in [2.75, 3.05) is 6.54 Å². The molecule has 1 atom stereocenters. The summed E-state index contributed by atoms with van der Waals surface area (Å²) < 4.78 is 26.0. The van der Waals surface area contributed by atoms with Gasteiger partial charge < -0.3 is 5.11 Å². The van der Waals surface area contributed by atoms with Gasteiger partial charge in [0.15, 0.2) is 0 Å². The van der Waals surface area contributed by atoms with E-state index in [0.717, 1.165) is 0 Å². The number of nitrogens with one attached hydrogen (secondary N) is 1. The Morgan fingerprint density at radius 3 is 2.65 bits per heavy atom. The maximum Gasteiger partial charge on any atom is 0.242 e. The van der Waals surface area contributed by atoms with Crippen LogP contribution < -0.4 is 4.72 Å². The Morgan fingerprint density at radius 1 is 1.41 bits per heavy atom. The zero-order valence-corrected chi connectivity index (χ0v) is 11.5. The van der Waals surface area contributed by atoms with Crippen LogP contribution >= 0.6 is 23.2 Å². The summed E-state index contributed by atoms with van der Waals surface area (Å²) in [6.07, 6.45) is -0.232. The van der Waals surface area contributed by atoms with Crippen molar-refractivity contribution in [2.24, 2.45) is 0 Å². The van der Waals surface area contributed by atoms with Crippen LogP contribution in [0.3, 0.4) is 0 Å². The van der Waals surface area contributed by atoms with Gasteiger partial charge in [-0.25, -0.2) is 13.1 Å². The molecule has 96 valence electrons. The summed E-state index contributed by atoms with van der Waals surface area (Å²) in [4.78, 5) is -0.0581. The quantitative estimate of drug-likeness (QED) is 0.874. The van der Waals surface area contributed by atoms with Crippen molar-refractivity contribution in [3.8, 4) is 0 Å². The fourth-order valence-electron chi connectivity index (χ4n) is 1.17. The third-order valence-electron chi connectivity index (χ3n) is 2.06. The monoisotopic (exact) mass is 297 g/mol. The lowest BCUT2D eigenvalue weighted by Crippen LogP contribution is -2.27. The first-order chi connectivity index (χ1) is 7.84. The van der Waals surface area contributed by atoms with Crippen molar-refractivity contribution >= 4 is 33.2 Å². The Morgan fingerprint density at radius 2 is 2.06 bits per heavy atom. The number of aliphatic hydroxyl groups excluding tert-OH is 1. The third-order valence-corrected chi connectivity index (χ3v) is 4.49. The average molecular weight is 298 g/mol. The fourth-order valence-corrected chi connectivity index (χ4v) is 2.98. The lowest BCUT2D eigenvalue weighted by atomic mass is 10.3. The van der Waals surface area contributed by atoms with Crippen molar-refractivity contribution < 1.29 is 13.5 Å². The standard InChI is InChI=1S/C10H13Cl2NO3S/c1-7(14)5-6-13-17(15,16)9-4-2-3-8(11)10(9)12/h2-4,7,13-14H,5-6H2,1H3. The molecule has 0 radical (unpaired) electrons. The Bertz CT molecular complexity index is 488. The van der Waals surface area contributed by atoms with Crippen molar-refractivity contribution in [2.45, 2.75) is 24.3 Å². The normalized spacial score (nSPS) is 13.6. The number of aliphatic hydroxyl groups is 1. The van der Waals surface area contributed by atoms with Crippen LogP contribution in [0.2, 0.25) is 10.0 Å². The lowest BCUT2D eigenvalue weighted by Gasteiger charge is -2.09. The third kappa shape index (κ3) is 4.12. The van der Waals surface area contributed by atoms with E-state index in [0.29, 0.717) is 6.42 Å².